The van der Waals surface area contributed by atoms with Crippen LogP contribution in [0.4, 0.5) is 5.82 Å². The van der Waals surface area contributed by atoms with Gasteiger partial charge in [-0.05, 0) is 47.0 Å². The minimum absolute atomic E-state index is 0.287. The fourth-order valence-electron chi connectivity index (χ4n) is 1.71. The van der Waals surface area contributed by atoms with Gasteiger partial charge in [-0.25, -0.2) is 9.97 Å². The van der Waals surface area contributed by atoms with Gasteiger partial charge in [0.15, 0.2) is 0 Å². The summed E-state index contributed by atoms with van der Waals surface area (Å²) in [5, 5.41) is 8.75. The first-order valence-corrected chi connectivity index (χ1v) is 7.55. The monoisotopic (exact) mass is 295 g/mol. The molecular formula is C12H10ClN3S2. The zero-order chi connectivity index (χ0) is 12.5. The summed E-state index contributed by atoms with van der Waals surface area (Å²) >= 11 is 9.23. The quantitative estimate of drug-likeness (QED) is 0.731. The maximum atomic E-state index is 5.92. The summed E-state index contributed by atoms with van der Waals surface area (Å²) in [6, 6.07) is 4.13. The number of hydrogen-bond donors (Lipinski definition) is 1. The van der Waals surface area contributed by atoms with Gasteiger partial charge >= 0.3 is 0 Å². The van der Waals surface area contributed by atoms with Crippen LogP contribution in [-0.2, 0) is 6.54 Å². The van der Waals surface area contributed by atoms with E-state index in [0.717, 1.165) is 22.6 Å². The molecule has 18 heavy (non-hydrogen) atoms. The minimum atomic E-state index is 0.287. The van der Waals surface area contributed by atoms with Gasteiger partial charge in [0.05, 0.1) is 11.9 Å². The SMILES string of the molecule is Cc1ccsc1CNc1nc(Cl)nc2sccc12. The number of hydrogen-bond acceptors (Lipinski definition) is 5. The van der Waals surface area contributed by atoms with Crippen LogP contribution >= 0.6 is 34.3 Å². The number of halogens is 1. The van der Waals surface area contributed by atoms with Crippen LogP contribution in [0.5, 0.6) is 0 Å². The largest absolute Gasteiger partial charge is 0.364 e. The normalized spacial score (nSPS) is 11.0. The fourth-order valence-corrected chi connectivity index (χ4v) is 3.54. The van der Waals surface area contributed by atoms with E-state index in [4.69, 9.17) is 11.6 Å². The number of aromatic nitrogens is 2. The molecule has 0 aliphatic rings. The summed E-state index contributed by atoms with van der Waals surface area (Å²) in [5.74, 6) is 0.805. The third-order valence-electron chi connectivity index (χ3n) is 2.68. The Labute approximate surface area is 117 Å². The molecule has 3 aromatic rings. The van der Waals surface area contributed by atoms with Crippen LogP contribution in [0.2, 0.25) is 5.28 Å². The van der Waals surface area contributed by atoms with Crippen molar-refractivity contribution in [1.82, 2.24) is 9.97 Å². The molecule has 0 aliphatic carbocycles. The van der Waals surface area contributed by atoms with Crippen molar-refractivity contribution in [3.05, 3.63) is 38.6 Å². The van der Waals surface area contributed by atoms with Crippen LogP contribution in [-0.4, -0.2) is 9.97 Å². The van der Waals surface area contributed by atoms with Gasteiger partial charge in [0.1, 0.15) is 10.6 Å². The molecule has 0 aromatic carbocycles. The van der Waals surface area contributed by atoms with Gasteiger partial charge in [0, 0.05) is 4.88 Å². The number of nitrogens with one attached hydrogen (secondary N) is 1. The summed E-state index contributed by atoms with van der Waals surface area (Å²) in [5.41, 5.74) is 1.30. The number of fused-ring (bicyclic) bond motifs is 1. The van der Waals surface area contributed by atoms with E-state index in [0.29, 0.717) is 0 Å². The molecule has 0 saturated heterocycles. The Bertz CT molecular complexity index is 690. The molecule has 6 heteroatoms. The van der Waals surface area contributed by atoms with Crippen molar-refractivity contribution < 1.29 is 0 Å². The van der Waals surface area contributed by atoms with E-state index in [2.05, 4.69) is 33.7 Å². The van der Waals surface area contributed by atoms with E-state index in [1.165, 1.54) is 10.4 Å². The van der Waals surface area contributed by atoms with Gasteiger partial charge in [0.2, 0.25) is 5.28 Å². The van der Waals surface area contributed by atoms with Crippen LogP contribution in [0.15, 0.2) is 22.9 Å². The Morgan fingerprint density at radius 3 is 2.83 bits per heavy atom. The Morgan fingerprint density at radius 1 is 1.22 bits per heavy atom. The van der Waals surface area contributed by atoms with Crippen molar-refractivity contribution in [2.24, 2.45) is 0 Å². The molecule has 92 valence electrons. The molecule has 0 atom stereocenters. The maximum absolute atomic E-state index is 5.92. The fraction of sp³-hybridized carbons (Fsp3) is 0.167. The van der Waals surface area contributed by atoms with E-state index in [1.54, 1.807) is 22.7 Å². The van der Waals surface area contributed by atoms with Crippen LogP contribution in [0.25, 0.3) is 10.2 Å². The molecule has 1 N–H and O–H groups in total. The number of aryl methyl sites for hydroxylation is 1. The lowest BCUT2D eigenvalue weighted by Gasteiger charge is -2.06. The molecule has 0 spiro atoms. The number of thiophene rings is 2. The molecule has 3 rings (SSSR count). The molecule has 0 fully saturated rings. The van der Waals surface area contributed by atoms with Crippen molar-refractivity contribution in [3.63, 3.8) is 0 Å². The van der Waals surface area contributed by atoms with Crippen molar-refractivity contribution in [3.8, 4) is 0 Å². The van der Waals surface area contributed by atoms with Crippen LogP contribution in [0, 0.1) is 6.92 Å². The second-order valence-corrected chi connectivity index (χ2v) is 6.09. The van der Waals surface area contributed by atoms with Gasteiger partial charge in [-0.2, -0.15) is 0 Å². The molecule has 0 bridgehead atoms. The molecule has 0 aliphatic heterocycles. The van der Waals surface area contributed by atoms with Crippen LogP contribution in [0.1, 0.15) is 10.4 Å². The van der Waals surface area contributed by atoms with Crippen molar-refractivity contribution in [1.29, 1.82) is 0 Å². The van der Waals surface area contributed by atoms with Gasteiger partial charge in [-0.1, -0.05) is 0 Å². The van der Waals surface area contributed by atoms with E-state index in [-0.39, 0.29) is 5.28 Å². The second-order valence-electron chi connectivity index (χ2n) is 3.86. The minimum Gasteiger partial charge on any atom is -0.364 e. The molecule has 3 heterocycles. The third kappa shape index (κ3) is 2.21. The van der Waals surface area contributed by atoms with Crippen molar-refractivity contribution >= 4 is 50.3 Å². The summed E-state index contributed by atoms with van der Waals surface area (Å²) in [6.07, 6.45) is 0. The predicted molar refractivity (Wildman–Crippen MR) is 78.8 cm³/mol. The van der Waals surface area contributed by atoms with E-state index < -0.39 is 0 Å². The zero-order valence-corrected chi connectivity index (χ0v) is 12.0. The standard InChI is InChI=1S/C12H10ClN3S2/c1-7-2-4-17-9(7)6-14-10-8-3-5-18-11(8)16-12(13)15-10/h2-5H,6H2,1H3,(H,14,15,16). The maximum Gasteiger partial charge on any atom is 0.225 e. The topological polar surface area (TPSA) is 37.8 Å². The van der Waals surface area contributed by atoms with Gasteiger partial charge < -0.3 is 5.32 Å². The lowest BCUT2D eigenvalue weighted by atomic mass is 10.3. The van der Waals surface area contributed by atoms with Gasteiger partial charge in [-0.15, -0.1) is 22.7 Å². The first kappa shape index (κ1) is 11.9. The molecule has 0 unspecified atom stereocenters. The highest BCUT2D eigenvalue weighted by atomic mass is 35.5. The first-order chi connectivity index (χ1) is 8.74. The average Bonchev–Trinajstić information content (AvgIpc) is 2.94. The molecule has 3 aromatic heterocycles. The smallest absolute Gasteiger partial charge is 0.225 e. The Hall–Kier alpha value is -1.17. The van der Waals surface area contributed by atoms with Crippen LogP contribution < -0.4 is 5.32 Å². The van der Waals surface area contributed by atoms with Gasteiger partial charge in [-0.3, -0.25) is 0 Å². The Kier molecular flexibility index (Phi) is 3.20. The predicted octanol–water partition coefficient (Wildman–Crippen LogP) is 4.33. The molecule has 3 nitrogen and oxygen atoms in total. The molecular weight excluding hydrogens is 286 g/mol. The molecule has 0 amide bonds. The first-order valence-electron chi connectivity index (χ1n) is 5.41. The summed E-state index contributed by atoms with van der Waals surface area (Å²) < 4.78 is 0. The van der Waals surface area contributed by atoms with Crippen LogP contribution in [0.3, 0.4) is 0 Å². The molecule has 0 saturated carbocycles. The van der Waals surface area contributed by atoms with E-state index >= 15 is 0 Å². The van der Waals surface area contributed by atoms with E-state index in [9.17, 15) is 0 Å². The second kappa shape index (κ2) is 4.84. The highest BCUT2D eigenvalue weighted by Crippen LogP contribution is 2.27. The van der Waals surface area contributed by atoms with Crippen molar-refractivity contribution in [2.75, 3.05) is 5.32 Å². The lowest BCUT2D eigenvalue weighted by Crippen LogP contribution is -2.02. The number of nitrogens with zero attached hydrogens (tertiary/aromatic N) is 2. The van der Waals surface area contributed by atoms with Crippen molar-refractivity contribution in [2.45, 2.75) is 13.5 Å². The lowest BCUT2D eigenvalue weighted by molar-refractivity contribution is 1.12. The average molecular weight is 296 g/mol. The Morgan fingerprint density at radius 2 is 2.06 bits per heavy atom. The third-order valence-corrected chi connectivity index (χ3v) is 4.68. The highest BCUT2D eigenvalue weighted by molar-refractivity contribution is 7.16. The number of rotatable bonds is 3. The van der Waals surface area contributed by atoms with Gasteiger partial charge in [0.25, 0.3) is 0 Å². The summed E-state index contributed by atoms with van der Waals surface area (Å²) in [4.78, 5) is 10.7. The summed E-state index contributed by atoms with van der Waals surface area (Å²) in [7, 11) is 0. The summed E-state index contributed by atoms with van der Waals surface area (Å²) in [6.45, 7) is 2.88. The van der Waals surface area contributed by atoms with E-state index in [1.807, 2.05) is 11.4 Å². The highest BCUT2D eigenvalue weighted by Gasteiger charge is 2.08. The Balaban J connectivity index is 1.90. The number of anilines is 1. The molecule has 0 radical (unpaired) electrons. The zero-order valence-electron chi connectivity index (χ0n) is 9.61.